The SMILES string of the molecule is CCCC1CCC2c3ccc(O)cc3CCC2C1. The minimum atomic E-state index is 0.437. The van der Waals surface area contributed by atoms with Crippen molar-refractivity contribution in [2.24, 2.45) is 11.8 Å². The molecule has 0 heterocycles. The van der Waals surface area contributed by atoms with E-state index in [0.29, 0.717) is 5.75 Å². The maximum Gasteiger partial charge on any atom is 0.115 e. The van der Waals surface area contributed by atoms with Crippen molar-refractivity contribution in [1.82, 2.24) is 0 Å². The van der Waals surface area contributed by atoms with E-state index in [1.165, 1.54) is 50.5 Å². The zero-order valence-electron chi connectivity index (χ0n) is 11.4. The number of aromatic hydroxyl groups is 1. The molecule has 2 aliphatic rings. The van der Waals surface area contributed by atoms with Gasteiger partial charge in [-0.25, -0.2) is 0 Å². The molecule has 3 atom stereocenters. The zero-order valence-corrected chi connectivity index (χ0v) is 11.4. The Morgan fingerprint density at radius 1 is 1.22 bits per heavy atom. The maximum absolute atomic E-state index is 9.60. The fourth-order valence-electron chi connectivity index (χ4n) is 4.27. The molecule has 1 N–H and O–H groups in total. The number of aryl methyl sites for hydroxylation is 1. The summed E-state index contributed by atoms with van der Waals surface area (Å²) >= 11 is 0. The van der Waals surface area contributed by atoms with Gasteiger partial charge in [-0.1, -0.05) is 25.8 Å². The number of rotatable bonds is 2. The fraction of sp³-hybridized carbons (Fsp3) is 0.647. The Morgan fingerprint density at radius 3 is 2.94 bits per heavy atom. The third-order valence-electron chi connectivity index (χ3n) is 5.10. The molecule has 0 aromatic heterocycles. The van der Waals surface area contributed by atoms with Gasteiger partial charge in [0.25, 0.3) is 0 Å². The van der Waals surface area contributed by atoms with Crippen molar-refractivity contribution in [2.45, 2.75) is 57.8 Å². The Balaban J connectivity index is 1.80. The third-order valence-corrected chi connectivity index (χ3v) is 5.10. The highest BCUT2D eigenvalue weighted by atomic mass is 16.3. The Labute approximate surface area is 110 Å². The summed E-state index contributed by atoms with van der Waals surface area (Å²) in [6.07, 6.45) is 9.49. The van der Waals surface area contributed by atoms with Crippen LogP contribution in [-0.2, 0) is 6.42 Å². The van der Waals surface area contributed by atoms with Crippen molar-refractivity contribution in [3.05, 3.63) is 29.3 Å². The van der Waals surface area contributed by atoms with Gasteiger partial charge in [0, 0.05) is 0 Å². The number of fused-ring (bicyclic) bond motifs is 3. The normalized spacial score (nSPS) is 30.6. The summed E-state index contributed by atoms with van der Waals surface area (Å²) in [4.78, 5) is 0. The minimum Gasteiger partial charge on any atom is -0.508 e. The van der Waals surface area contributed by atoms with Crippen LogP contribution in [0, 0.1) is 11.8 Å². The molecule has 1 heteroatoms. The molecule has 0 aliphatic heterocycles. The van der Waals surface area contributed by atoms with Gasteiger partial charge >= 0.3 is 0 Å². The monoisotopic (exact) mass is 244 g/mol. The second-order valence-electron chi connectivity index (χ2n) is 6.26. The van der Waals surface area contributed by atoms with Crippen LogP contribution in [0.25, 0.3) is 0 Å². The molecule has 1 aromatic carbocycles. The van der Waals surface area contributed by atoms with Gasteiger partial charge in [0.15, 0.2) is 0 Å². The first-order valence-corrected chi connectivity index (χ1v) is 7.59. The van der Waals surface area contributed by atoms with Crippen LogP contribution < -0.4 is 0 Å². The largest absolute Gasteiger partial charge is 0.508 e. The number of phenols is 1. The third kappa shape index (κ3) is 2.15. The highest BCUT2D eigenvalue weighted by molar-refractivity contribution is 5.39. The van der Waals surface area contributed by atoms with Crippen LogP contribution in [0.3, 0.4) is 0 Å². The smallest absolute Gasteiger partial charge is 0.115 e. The molecule has 2 aliphatic carbocycles. The molecule has 0 bridgehead atoms. The van der Waals surface area contributed by atoms with Crippen molar-refractivity contribution < 1.29 is 5.11 Å². The summed E-state index contributed by atoms with van der Waals surface area (Å²) in [6.45, 7) is 2.31. The summed E-state index contributed by atoms with van der Waals surface area (Å²) in [5.41, 5.74) is 2.95. The predicted octanol–water partition coefficient (Wildman–Crippen LogP) is 4.64. The first kappa shape index (κ1) is 12.1. The van der Waals surface area contributed by atoms with Crippen LogP contribution in [0.5, 0.6) is 5.75 Å². The molecule has 0 saturated heterocycles. The Morgan fingerprint density at radius 2 is 2.11 bits per heavy atom. The average molecular weight is 244 g/mol. The lowest BCUT2D eigenvalue weighted by atomic mass is 9.65. The molecule has 1 fully saturated rings. The molecule has 98 valence electrons. The van der Waals surface area contributed by atoms with Crippen LogP contribution in [-0.4, -0.2) is 5.11 Å². The molecule has 1 saturated carbocycles. The molecule has 3 unspecified atom stereocenters. The van der Waals surface area contributed by atoms with E-state index in [0.717, 1.165) is 17.8 Å². The summed E-state index contributed by atoms with van der Waals surface area (Å²) in [5, 5.41) is 9.60. The highest BCUT2D eigenvalue weighted by Crippen LogP contribution is 2.48. The van der Waals surface area contributed by atoms with Crippen LogP contribution in [0.1, 0.15) is 62.5 Å². The quantitative estimate of drug-likeness (QED) is 0.803. The summed E-state index contributed by atoms with van der Waals surface area (Å²) < 4.78 is 0. The van der Waals surface area contributed by atoms with Crippen LogP contribution in [0.2, 0.25) is 0 Å². The summed E-state index contributed by atoms with van der Waals surface area (Å²) in [6, 6.07) is 6.05. The molecular formula is C17H24O. The zero-order chi connectivity index (χ0) is 12.5. The molecule has 1 nitrogen and oxygen atoms in total. The van der Waals surface area contributed by atoms with Crippen molar-refractivity contribution >= 4 is 0 Å². The molecular weight excluding hydrogens is 220 g/mol. The Kier molecular flexibility index (Phi) is 3.32. The number of hydrogen-bond donors (Lipinski definition) is 1. The second kappa shape index (κ2) is 4.95. The second-order valence-corrected chi connectivity index (χ2v) is 6.26. The van der Waals surface area contributed by atoms with Crippen molar-refractivity contribution in [2.75, 3.05) is 0 Å². The van der Waals surface area contributed by atoms with Crippen molar-refractivity contribution in [3.63, 3.8) is 0 Å². The molecule has 0 amide bonds. The lowest BCUT2D eigenvalue weighted by molar-refractivity contribution is 0.201. The number of phenolic OH excluding ortho intramolecular Hbond substituents is 1. The summed E-state index contributed by atoms with van der Waals surface area (Å²) in [5.74, 6) is 3.11. The topological polar surface area (TPSA) is 20.2 Å². The number of benzene rings is 1. The van der Waals surface area contributed by atoms with Crippen LogP contribution >= 0.6 is 0 Å². The summed E-state index contributed by atoms with van der Waals surface area (Å²) in [7, 11) is 0. The van der Waals surface area contributed by atoms with Gasteiger partial charge in [-0.2, -0.15) is 0 Å². The first-order valence-electron chi connectivity index (χ1n) is 7.59. The van der Waals surface area contributed by atoms with E-state index in [9.17, 15) is 5.11 Å². The standard InChI is InChI=1S/C17H24O/c1-2-3-12-4-8-16-13(10-12)5-6-14-11-15(18)7-9-17(14)16/h7,9,11-13,16,18H,2-6,8,10H2,1H3. The molecule has 0 spiro atoms. The van der Waals surface area contributed by atoms with Crippen LogP contribution in [0.4, 0.5) is 0 Å². The van der Waals surface area contributed by atoms with E-state index in [1.807, 2.05) is 12.1 Å². The van der Waals surface area contributed by atoms with E-state index in [2.05, 4.69) is 13.0 Å². The van der Waals surface area contributed by atoms with E-state index >= 15 is 0 Å². The molecule has 0 radical (unpaired) electrons. The number of hydrogen-bond acceptors (Lipinski definition) is 1. The first-order chi connectivity index (χ1) is 8.78. The Hall–Kier alpha value is -0.980. The Bertz CT molecular complexity index is 424. The van der Waals surface area contributed by atoms with Gasteiger partial charge in [0.1, 0.15) is 5.75 Å². The minimum absolute atomic E-state index is 0.437. The lowest BCUT2D eigenvalue weighted by Gasteiger charge is -2.40. The van der Waals surface area contributed by atoms with Gasteiger partial charge in [-0.05, 0) is 73.1 Å². The molecule has 18 heavy (non-hydrogen) atoms. The van der Waals surface area contributed by atoms with Crippen LogP contribution in [0.15, 0.2) is 18.2 Å². The highest BCUT2D eigenvalue weighted by Gasteiger charge is 2.34. The molecule has 3 rings (SSSR count). The van der Waals surface area contributed by atoms with Gasteiger partial charge in [0.2, 0.25) is 0 Å². The average Bonchev–Trinajstić information content (AvgIpc) is 2.38. The van der Waals surface area contributed by atoms with Crippen molar-refractivity contribution in [1.29, 1.82) is 0 Å². The molecule has 1 aromatic rings. The van der Waals surface area contributed by atoms with E-state index < -0.39 is 0 Å². The van der Waals surface area contributed by atoms with E-state index in [1.54, 1.807) is 5.56 Å². The fourth-order valence-corrected chi connectivity index (χ4v) is 4.27. The van der Waals surface area contributed by atoms with E-state index in [-0.39, 0.29) is 0 Å². The van der Waals surface area contributed by atoms with Gasteiger partial charge in [0.05, 0.1) is 0 Å². The van der Waals surface area contributed by atoms with Gasteiger partial charge in [-0.15, -0.1) is 0 Å². The van der Waals surface area contributed by atoms with E-state index in [4.69, 9.17) is 0 Å². The van der Waals surface area contributed by atoms with Gasteiger partial charge < -0.3 is 5.11 Å². The lowest BCUT2D eigenvalue weighted by Crippen LogP contribution is -2.28. The maximum atomic E-state index is 9.60. The van der Waals surface area contributed by atoms with Crippen molar-refractivity contribution in [3.8, 4) is 5.75 Å². The van der Waals surface area contributed by atoms with Gasteiger partial charge in [-0.3, -0.25) is 0 Å². The predicted molar refractivity (Wildman–Crippen MR) is 74.9 cm³/mol.